The van der Waals surface area contributed by atoms with Gasteiger partial charge < -0.3 is 0 Å². The maximum absolute atomic E-state index is 14.0. The number of carbonyl (C=O) groups excluding carboxylic acids is 2. The van der Waals surface area contributed by atoms with Crippen LogP contribution in [0.15, 0.2) is 48.5 Å². The number of hydrogen-bond donors (Lipinski definition) is 0. The van der Waals surface area contributed by atoms with Gasteiger partial charge in [-0.15, -0.1) is 11.3 Å². The molecule has 0 spiro atoms. The third-order valence-electron chi connectivity index (χ3n) is 7.35. The van der Waals surface area contributed by atoms with E-state index >= 15 is 0 Å². The maximum Gasteiger partial charge on any atom is 0.267 e. The van der Waals surface area contributed by atoms with Crippen molar-refractivity contribution in [2.75, 3.05) is 9.96 Å². The molecule has 6 nitrogen and oxygen atoms in total. The summed E-state index contributed by atoms with van der Waals surface area (Å²) >= 11 is 1.42. The summed E-state index contributed by atoms with van der Waals surface area (Å²) in [7, 11) is 0. The highest BCUT2D eigenvalue weighted by molar-refractivity contribution is 7.17. The molecule has 0 saturated carbocycles. The molecule has 0 N–H and O–H groups in total. The van der Waals surface area contributed by atoms with E-state index in [1.165, 1.54) is 16.2 Å². The summed E-state index contributed by atoms with van der Waals surface area (Å²) in [6.45, 7) is 4.01. The molecule has 0 radical (unpaired) electrons. The summed E-state index contributed by atoms with van der Waals surface area (Å²) < 4.78 is 0. The Morgan fingerprint density at radius 1 is 1.00 bits per heavy atom. The van der Waals surface area contributed by atoms with Crippen molar-refractivity contribution >= 4 is 33.8 Å². The molecule has 2 aromatic carbocycles. The lowest BCUT2D eigenvalue weighted by molar-refractivity contribution is -0.126. The maximum atomic E-state index is 14.0. The molecule has 1 aliphatic carbocycles. The van der Waals surface area contributed by atoms with Crippen molar-refractivity contribution in [1.29, 1.82) is 5.26 Å². The van der Waals surface area contributed by atoms with E-state index in [2.05, 4.69) is 6.07 Å². The van der Waals surface area contributed by atoms with Crippen LogP contribution < -0.4 is 9.96 Å². The molecule has 2 aliphatic heterocycles. The number of hydrogen-bond acceptors (Lipinski definition) is 6. The van der Waals surface area contributed by atoms with E-state index in [1.54, 1.807) is 5.06 Å². The number of anilines is 2. The summed E-state index contributed by atoms with van der Waals surface area (Å²) in [6, 6.07) is 17.7. The molecule has 3 aromatic rings. The molecule has 2 saturated heterocycles. The first-order chi connectivity index (χ1) is 17.0. The first-order valence-corrected chi connectivity index (χ1v) is 12.8. The number of nitriles is 1. The number of hydroxylamine groups is 1. The molecule has 0 unspecified atom stereocenters. The second kappa shape index (κ2) is 8.33. The van der Waals surface area contributed by atoms with Crippen LogP contribution in [0.25, 0.3) is 0 Å². The average Bonchev–Trinajstić information content (AvgIpc) is 3.50. The minimum atomic E-state index is -0.931. The van der Waals surface area contributed by atoms with E-state index in [0.29, 0.717) is 10.6 Å². The van der Waals surface area contributed by atoms with Crippen molar-refractivity contribution in [2.45, 2.75) is 51.7 Å². The second-order valence-corrected chi connectivity index (χ2v) is 10.6. The van der Waals surface area contributed by atoms with Crippen molar-refractivity contribution in [1.82, 2.24) is 0 Å². The van der Waals surface area contributed by atoms with Gasteiger partial charge in [-0.25, -0.2) is 9.96 Å². The minimum absolute atomic E-state index is 0.295. The summed E-state index contributed by atoms with van der Waals surface area (Å²) in [4.78, 5) is 36.4. The first-order valence-electron chi connectivity index (χ1n) is 12.0. The lowest BCUT2D eigenvalue weighted by Gasteiger charge is -2.29. The molecule has 6 rings (SSSR count). The topological polar surface area (TPSA) is 73.6 Å². The van der Waals surface area contributed by atoms with Crippen molar-refractivity contribution in [3.8, 4) is 6.07 Å². The third kappa shape index (κ3) is 3.32. The Morgan fingerprint density at radius 2 is 1.74 bits per heavy atom. The van der Waals surface area contributed by atoms with Crippen molar-refractivity contribution in [2.24, 2.45) is 5.92 Å². The molecular weight excluding hydrogens is 458 g/mol. The van der Waals surface area contributed by atoms with Gasteiger partial charge in [0.2, 0.25) is 5.91 Å². The van der Waals surface area contributed by atoms with Gasteiger partial charge in [-0.1, -0.05) is 48.0 Å². The lowest BCUT2D eigenvalue weighted by atomic mass is 9.90. The zero-order valence-electron chi connectivity index (χ0n) is 19.7. The minimum Gasteiger partial charge on any atom is -0.273 e. The van der Waals surface area contributed by atoms with Crippen LogP contribution in [0.4, 0.5) is 10.7 Å². The molecule has 35 heavy (non-hydrogen) atoms. The Labute approximate surface area is 208 Å². The Balaban J connectivity index is 1.45. The molecule has 1 aromatic heterocycles. The lowest BCUT2D eigenvalue weighted by Crippen LogP contribution is -2.37. The number of para-hydroxylation sites is 1. The van der Waals surface area contributed by atoms with E-state index < -0.39 is 18.1 Å². The Bertz CT molecular complexity index is 1390. The number of imide groups is 1. The van der Waals surface area contributed by atoms with Gasteiger partial charge in [-0.05, 0) is 62.3 Å². The zero-order chi connectivity index (χ0) is 24.3. The van der Waals surface area contributed by atoms with E-state index in [4.69, 9.17) is 4.84 Å². The SMILES string of the molecule is Cc1ccc([C@H]2[C@H]3C(=O)N(c4sc5c(c4C#N)CCCC5)C(=O)[C@@H]3ON2c2ccccc2C)cc1. The highest BCUT2D eigenvalue weighted by atomic mass is 32.1. The molecule has 3 heterocycles. The number of aryl methyl sites for hydroxylation is 3. The molecular formula is C28H25N3O3S. The monoisotopic (exact) mass is 483 g/mol. The Morgan fingerprint density at radius 3 is 2.49 bits per heavy atom. The zero-order valence-corrected chi connectivity index (χ0v) is 20.5. The number of fused-ring (bicyclic) bond motifs is 2. The van der Waals surface area contributed by atoms with Gasteiger partial charge in [-0.2, -0.15) is 5.26 Å². The van der Waals surface area contributed by atoms with Crippen molar-refractivity contribution in [3.63, 3.8) is 0 Å². The van der Waals surface area contributed by atoms with Gasteiger partial charge in [0, 0.05) is 4.88 Å². The standard InChI is InChI=1S/C28H25N3O3S/c1-16-11-13-18(14-12-16)24-23-25(34-31(24)21-9-5-3-7-17(21)2)27(33)30(26(23)32)28-20(15-29)19-8-4-6-10-22(19)35-28/h3,5,7,9,11-14,23-25H,4,6,8,10H2,1-2H3/t23-,24+,25-/m1/s1. The van der Waals surface area contributed by atoms with Gasteiger partial charge >= 0.3 is 0 Å². The highest BCUT2D eigenvalue weighted by Gasteiger charge is 2.61. The van der Waals surface area contributed by atoms with E-state index in [0.717, 1.165) is 58.5 Å². The largest absolute Gasteiger partial charge is 0.273 e. The fourth-order valence-electron chi connectivity index (χ4n) is 5.56. The highest BCUT2D eigenvalue weighted by Crippen LogP contribution is 2.50. The van der Waals surface area contributed by atoms with E-state index in [-0.39, 0.29) is 11.8 Å². The van der Waals surface area contributed by atoms with Crippen LogP contribution in [-0.2, 0) is 27.3 Å². The quantitative estimate of drug-likeness (QED) is 0.481. The van der Waals surface area contributed by atoms with Crippen LogP contribution in [0.3, 0.4) is 0 Å². The number of benzene rings is 2. The van der Waals surface area contributed by atoms with Crippen LogP contribution in [0.2, 0.25) is 0 Å². The fraction of sp³-hybridized carbons (Fsp3) is 0.321. The van der Waals surface area contributed by atoms with E-state index in [9.17, 15) is 14.9 Å². The third-order valence-corrected chi connectivity index (χ3v) is 8.63. The second-order valence-electron chi connectivity index (χ2n) is 9.53. The number of amides is 2. The Kier molecular flexibility index (Phi) is 5.24. The van der Waals surface area contributed by atoms with Gasteiger partial charge in [0.15, 0.2) is 6.10 Å². The summed E-state index contributed by atoms with van der Waals surface area (Å²) in [5.41, 5.74) is 5.36. The predicted octanol–water partition coefficient (Wildman–Crippen LogP) is 5.17. The molecule has 2 fully saturated rings. The molecule has 0 bridgehead atoms. The van der Waals surface area contributed by atoms with Crippen LogP contribution in [0.1, 0.15) is 51.6 Å². The molecule has 176 valence electrons. The molecule has 2 amide bonds. The predicted molar refractivity (Wildman–Crippen MR) is 134 cm³/mol. The fourth-order valence-corrected chi connectivity index (χ4v) is 6.91. The van der Waals surface area contributed by atoms with Crippen molar-refractivity contribution in [3.05, 3.63) is 81.2 Å². The molecule has 7 heteroatoms. The Hall–Kier alpha value is -3.47. The van der Waals surface area contributed by atoms with Gasteiger partial charge in [-0.3, -0.25) is 14.4 Å². The summed E-state index contributed by atoms with van der Waals surface area (Å²) in [5, 5.41) is 12.2. The molecule has 3 atom stereocenters. The average molecular weight is 484 g/mol. The van der Waals surface area contributed by atoms with E-state index in [1.807, 2.05) is 62.4 Å². The number of nitrogens with zero attached hydrogens (tertiary/aromatic N) is 3. The van der Waals surface area contributed by atoms with Crippen LogP contribution in [0, 0.1) is 31.1 Å². The van der Waals surface area contributed by atoms with Gasteiger partial charge in [0.1, 0.15) is 17.0 Å². The van der Waals surface area contributed by atoms with Gasteiger partial charge in [0.25, 0.3) is 5.91 Å². The molecule has 3 aliphatic rings. The normalized spacial score (nSPS) is 23.4. The number of rotatable bonds is 3. The summed E-state index contributed by atoms with van der Waals surface area (Å²) in [5.74, 6) is -1.38. The number of carbonyl (C=O) groups is 2. The van der Waals surface area contributed by atoms with Crippen LogP contribution in [0.5, 0.6) is 0 Å². The first kappa shape index (κ1) is 22.0. The van der Waals surface area contributed by atoms with Crippen LogP contribution in [-0.4, -0.2) is 17.9 Å². The van der Waals surface area contributed by atoms with Crippen molar-refractivity contribution < 1.29 is 14.4 Å². The smallest absolute Gasteiger partial charge is 0.267 e. The van der Waals surface area contributed by atoms with Gasteiger partial charge in [0.05, 0.1) is 17.3 Å². The van der Waals surface area contributed by atoms with Crippen LogP contribution >= 0.6 is 11.3 Å². The number of thiophene rings is 1. The summed E-state index contributed by atoms with van der Waals surface area (Å²) in [6.07, 6.45) is 2.87.